The van der Waals surface area contributed by atoms with Crippen LogP contribution in [0.25, 0.3) is 0 Å². The van der Waals surface area contributed by atoms with E-state index in [0.29, 0.717) is 31.7 Å². The van der Waals surface area contributed by atoms with Crippen LogP contribution >= 0.6 is 11.6 Å². The molecular weight excluding hydrogens is 418 g/mol. The lowest BCUT2D eigenvalue weighted by molar-refractivity contribution is -0.126. The monoisotopic (exact) mass is 445 g/mol. The Morgan fingerprint density at radius 2 is 2.07 bits per heavy atom. The van der Waals surface area contributed by atoms with Crippen molar-refractivity contribution in [2.45, 2.75) is 17.7 Å². The summed E-state index contributed by atoms with van der Waals surface area (Å²) in [7, 11) is -2.25. The Hall–Kier alpha value is -1.39. The van der Waals surface area contributed by atoms with Crippen molar-refractivity contribution in [2.75, 3.05) is 59.6 Å². The normalized spacial score (nSPS) is 21.7. The molecule has 2 aliphatic heterocycles. The highest BCUT2D eigenvalue weighted by Gasteiger charge is 2.33. The summed E-state index contributed by atoms with van der Waals surface area (Å²) in [5, 5.41) is 3.19. The minimum absolute atomic E-state index is 0.0917. The predicted octanol–water partition coefficient (Wildman–Crippen LogP) is 1.20. The van der Waals surface area contributed by atoms with E-state index in [0.717, 1.165) is 32.8 Å². The number of nitrogens with one attached hydrogen (secondary N) is 1. The number of halogens is 1. The van der Waals surface area contributed by atoms with Gasteiger partial charge in [-0.3, -0.25) is 9.69 Å². The molecule has 2 saturated heterocycles. The lowest BCUT2D eigenvalue weighted by Crippen LogP contribution is -2.47. The van der Waals surface area contributed by atoms with Gasteiger partial charge in [0.1, 0.15) is 5.75 Å². The minimum atomic E-state index is -3.72. The molecule has 162 valence electrons. The van der Waals surface area contributed by atoms with Gasteiger partial charge >= 0.3 is 0 Å². The number of rotatable bonds is 7. The first-order chi connectivity index (χ1) is 13.9. The highest BCUT2D eigenvalue weighted by molar-refractivity contribution is 7.89. The predicted molar refractivity (Wildman–Crippen MR) is 110 cm³/mol. The van der Waals surface area contributed by atoms with Gasteiger partial charge in [-0.2, -0.15) is 4.31 Å². The largest absolute Gasteiger partial charge is 0.495 e. The molecule has 2 heterocycles. The van der Waals surface area contributed by atoms with Crippen LogP contribution in [0.1, 0.15) is 12.8 Å². The molecule has 10 heteroatoms. The van der Waals surface area contributed by atoms with Gasteiger partial charge in [0.05, 0.1) is 36.2 Å². The molecule has 29 heavy (non-hydrogen) atoms. The van der Waals surface area contributed by atoms with Crippen molar-refractivity contribution >= 4 is 27.5 Å². The Morgan fingerprint density at radius 3 is 2.76 bits per heavy atom. The van der Waals surface area contributed by atoms with Crippen LogP contribution in [-0.4, -0.2) is 83.1 Å². The second-order valence-corrected chi connectivity index (χ2v) is 9.59. The number of carbonyl (C=O) groups excluding carboxylic acids is 1. The van der Waals surface area contributed by atoms with Crippen molar-refractivity contribution in [2.24, 2.45) is 5.92 Å². The standard InChI is InChI=1S/C19H28ClN3O5S/c1-27-18-5-4-16(13-17(18)20)29(25,26)23-7-2-3-15(14-23)19(24)21-6-8-22-9-11-28-12-10-22/h4-5,13,15H,2-3,6-12,14H2,1H3,(H,21,24)/t15-/m1/s1. The van der Waals surface area contributed by atoms with Crippen molar-refractivity contribution < 1.29 is 22.7 Å². The number of hydrogen-bond acceptors (Lipinski definition) is 6. The number of morpholine rings is 1. The van der Waals surface area contributed by atoms with Crippen LogP contribution in [0, 0.1) is 5.92 Å². The SMILES string of the molecule is COc1ccc(S(=O)(=O)N2CCC[C@@H](C(=O)NCCN3CCOCC3)C2)cc1Cl. The number of piperidine rings is 1. The number of amides is 1. The summed E-state index contributed by atoms with van der Waals surface area (Å²) in [5.74, 6) is -0.0235. The summed E-state index contributed by atoms with van der Waals surface area (Å²) in [5.41, 5.74) is 0. The first-order valence-corrected chi connectivity index (χ1v) is 11.6. The van der Waals surface area contributed by atoms with E-state index < -0.39 is 10.0 Å². The summed E-state index contributed by atoms with van der Waals surface area (Å²) in [6.45, 7) is 5.08. The van der Waals surface area contributed by atoms with Gasteiger partial charge in [-0.05, 0) is 31.0 Å². The molecule has 0 unspecified atom stereocenters. The highest BCUT2D eigenvalue weighted by atomic mass is 35.5. The van der Waals surface area contributed by atoms with Gasteiger partial charge in [0.25, 0.3) is 0 Å². The molecule has 0 bridgehead atoms. The second kappa shape index (κ2) is 10.1. The summed E-state index contributed by atoms with van der Waals surface area (Å²) in [4.78, 5) is 14.9. The molecule has 0 aromatic heterocycles. The molecule has 1 N–H and O–H groups in total. The third-order valence-electron chi connectivity index (χ3n) is 5.35. The zero-order valence-electron chi connectivity index (χ0n) is 16.6. The Balaban J connectivity index is 1.57. The number of ether oxygens (including phenoxy) is 2. The quantitative estimate of drug-likeness (QED) is 0.678. The lowest BCUT2D eigenvalue weighted by Gasteiger charge is -2.31. The maximum Gasteiger partial charge on any atom is 0.243 e. The van der Waals surface area contributed by atoms with Crippen LogP contribution in [0.2, 0.25) is 5.02 Å². The molecule has 1 amide bonds. The molecule has 2 fully saturated rings. The fourth-order valence-corrected chi connectivity index (χ4v) is 5.51. The summed E-state index contributed by atoms with van der Waals surface area (Å²) < 4.78 is 37.8. The maximum atomic E-state index is 13.0. The second-order valence-electron chi connectivity index (χ2n) is 7.24. The van der Waals surface area contributed by atoms with Gasteiger partial charge in [-0.15, -0.1) is 0 Å². The third kappa shape index (κ3) is 5.61. The van der Waals surface area contributed by atoms with Crippen molar-refractivity contribution in [3.05, 3.63) is 23.2 Å². The first-order valence-electron chi connectivity index (χ1n) is 9.83. The third-order valence-corrected chi connectivity index (χ3v) is 7.50. The van der Waals surface area contributed by atoms with Crippen LogP contribution in [0.15, 0.2) is 23.1 Å². The Labute approximate surface area is 177 Å². The first kappa shape index (κ1) is 22.3. The van der Waals surface area contributed by atoms with Gasteiger partial charge in [0, 0.05) is 39.3 Å². The maximum absolute atomic E-state index is 13.0. The Morgan fingerprint density at radius 1 is 1.31 bits per heavy atom. The Bertz CT molecular complexity index is 814. The average Bonchev–Trinajstić information content (AvgIpc) is 2.74. The van der Waals surface area contributed by atoms with Gasteiger partial charge in [0.15, 0.2) is 0 Å². The molecule has 0 saturated carbocycles. The van der Waals surface area contributed by atoms with Crippen LogP contribution in [0.5, 0.6) is 5.75 Å². The lowest BCUT2D eigenvalue weighted by atomic mass is 9.99. The zero-order chi connectivity index (χ0) is 20.9. The van der Waals surface area contributed by atoms with Crippen molar-refractivity contribution in [1.82, 2.24) is 14.5 Å². The minimum Gasteiger partial charge on any atom is -0.495 e. The van der Waals surface area contributed by atoms with Crippen LogP contribution in [0.4, 0.5) is 0 Å². The van der Waals surface area contributed by atoms with Crippen LogP contribution in [-0.2, 0) is 19.6 Å². The molecule has 1 atom stereocenters. The van der Waals surface area contributed by atoms with Crippen molar-refractivity contribution in [3.8, 4) is 5.75 Å². The van der Waals surface area contributed by atoms with Gasteiger partial charge in [0.2, 0.25) is 15.9 Å². The molecule has 1 aromatic carbocycles. The van der Waals surface area contributed by atoms with Crippen LogP contribution < -0.4 is 10.1 Å². The number of nitrogens with zero attached hydrogens (tertiary/aromatic N) is 2. The number of sulfonamides is 1. The fourth-order valence-electron chi connectivity index (χ4n) is 3.64. The van der Waals surface area contributed by atoms with E-state index >= 15 is 0 Å². The summed E-state index contributed by atoms with van der Waals surface area (Å²) in [6.07, 6.45) is 1.32. The molecular formula is C19H28ClN3O5S. The van der Waals surface area contributed by atoms with E-state index in [4.69, 9.17) is 21.1 Å². The fraction of sp³-hybridized carbons (Fsp3) is 0.632. The zero-order valence-corrected chi connectivity index (χ0v) is 18.2. The van der Waals surface area contributed by atoms with E-state index in [1.807, 2.05) is 0 Å². The van der Waals surface area contributed by atoms with Crippen LogP contribution in [0.3, 0.4) is 0 Å². The molecule has 3 rings (SSSR count). The number of benzene rings is 1. The molecule has 0 spiro atoms. The summed E-state index contributed by atoms with van der Waals surface area (Å²) in [6, 6.07) is 4.41. The van der Waals surface area contributed by atoms with Gasteiger partial charge < -0.3 is 14.8 Å². The van der Waals surface area contributed by atoms with E-state index in [2.05, 4.69) is 10.2 Å². The van der Waals surface area contributed by atoms with Gasteiger partial charge in [-0.1, -0.05) is 11.6 Å². The van der Waals surface area contributed by atoms with Gasteiger partial charge in [-0.25, -0.2) is 8.42 Å². The molecule has 2 aliphatic rings. The summed E-state index contributed by atoms with van der Waals surface area (Å²) >= 11 is 6.09. The average molecular weight is 446 g/mol. The highest BCUT2D eigenvalue weighted by Crippen LogP contribution is 2.30. The number of carbonyl (C=O) groups is 1. The van der Waals surface area contributed by atoms with E-state index in [1.165, 1.54) is 29.6 Å². The topological polar surface area (TPSA) is 88.2 Å². The number of methoxy groups -OCH3 is 1. The Kier molecular flexibility index (Phi) is 7.75. The van der Waals surface area contributed by atoms with E-state index in [-0.39, 0.29) is 28.3 Å². The molecule has 0 radical (unpaired) electrons. The number of hydrogen-bond donors (Lipinski definition) is 1. The molecule has 0 aliphatic carbocycles. The van der Waals surface area contributed by atoms with Crippen molar-refractivity contribution in [1.29, 1.82) is 0 Å². The smallest absolute Gasteiger partial charge is 0.243 e. The van der Waals surface area contributed by atoms with E-state index in [1.54, 1.807) is 0 Å². The molecule has 8 nitrogen and oxygen atoms in total. The molecule has 1 aromatic rings. The van der Waals surface area contributed by atoms with Crippen molar-refractivity contribution in [3.63, 3.8) is 0 Å². The van der Waals surface area contributed by atoms with E-state index in [9.17, 15) is 13.2 Å².